The zero-order valence-corrected chi connectivity index (χ0v) is 11.4. The van der Waals surface area contributed by atoms with Crippen molar-refractivity contribution in [1.29, 1.82) is 0 Å². The van der Waals surface area contributed by atoms with Crippen molar-refractivity contribution in [2.75, 3.05) is 32.8 Å². The Balaban J connectivity index is 1.90. The number of ether oxygens (including phenoxy) is 1. The zero-order chi connectivity index (χ0) is 13.7. The maximum absolute atomic E-state index is 12.8. The fraction of sp³-hybridized carbons (Fsp3) is 0.643. The van der Waals surface area contributed by atoms with E-state index in [1.807, 2.05) is 0 Å². The third kappa shape index (κ3) is 4.23. The van der Waals surface area contributed by atoms with Gasteiger partial charge in [-0.3, -0.25) is 4.98 Å². The minimum Gasteiger partial charge on any atom is -0.380 e. The highest BCUT2D eigenvalue weighted by atomic mass is 19.1. The van der Waals surface area contributed by atoms with Crippen LogP contribution in [0.15, 0.2) is 18.3 Å². The Labute approximate surface area is 113 Å². The summed E-state index contributed by atoms with van der Waals surface area (Å²) in [5.74, 6) is -0.0515. The van der Waals surface area contributed by atoms with Gasteiger partial charge in [-0.2, -0.15) is 0 Å². The number of aromatic nitrogens is 1. The topological polar surface area (TPSA) is 51.4 Å². The predicted molar refractivity (Wildman–Crippen MR) is 72.2 cm³/mol. The van der Waals surface area contributed by atoms with Crippen molar-refractivity contribution in [3.8, 4) is 0 Å². The summed E-state index contributed by atoms with van der Waals surface area (Å²) in [6.45, 7) is 6.67. The Kier molecular flexibility index (Phi) is 5.24. The van der Waals surface area contributed by atoms with E-state index in [0.29, 0.717) is 0 Å². The van der Waals surface area contributed by atoms with Crippen molar-refractivity contribution < 1.29 is 9.13 Å². The van der Waals surface area contributed by atoms with Crippen LogP contribution in [0.25, 0.3) is 0 Å². The van der Waals surface area contributed by atoms with E-state index >= 15 is 0 Å². The fourth-order valence-electron chi connectivity index (χ4n) is 2.38. The molecule has 1 aromatic heterocycles. The molecule has 4 nitrogen and oxygen atoms in total. The van der Waals surface area contributed by atoms with Gasteiger partial charge < -0.3 is 15.4 Å². The van der Waals surface area contributed by atoms with Crippen molar-refractivity contribution in [3.63, 3.8) is 0 Å². The standard InChI is InChI=1S/C14H22FN3O/c1-11(10-18-5-2-7-19-8-6-18)14(16)13-4-3-12(15)9-17-13/h3-4,9,11,14H,2,5-8,10,16H2,1H3. The number of nitrogens with two attached hydrogens (primary N) is 1. The Hall–Kier alpha value is -1.04. The van der Waals surface area contributed by atoms with E-state index in [2.05, 4.69) is 16.8 Å². The molecule has 2 heterocycles. The van der Waals surface area contributed by atoms with Gasteiger partial charge in [0.2, 0.25) is 0 Å². The number of nitrogens with zero attached hydrogens (tertiary/aromatic N) is 2. The molecule has 2 N–H and O–H groups in total. The van der Waals surface area contributed by atoms with E-state index in [0.717, 1.165) is 45.0 Å². The molecular formula is C14H22FN3O. The molecule has 1 saturated heterocycles. The molecule has 5 heteroatoms. The maximum atomic E-state index is 12.8. The van der Waals surface area contributed by atoms with E-state index < -0.39 is 0 Å². The quantitative estimate of drug-likeness (QED) is 0.900. The van der Waals surface area contributed by atoms with Crippen LogP contribution in [-0.2, 0) is 4.74 Å². The summed E-state index contributed by atoms with van der Waals surface area (Å²) in [7, 11) is 0. The van der Waals surface area contributed by atoms with Crippen LogP contribution in [0, 0.1) is 11.7 Å². The van der Waals surface area contributed by atoms with Gasteiger partial charge in [0.25, 0.3) is 0 Å². The van der Waals surface area contributed by atoms with Gasteiger partial charge in [0, 0.05) is 26.2 Å². The van der Waals surface area contributed by atoms with Crippen LogP contribution in [0.3, 0.4) is 0 Å². The summed E-state index contributed by atoms with van der Waals surface area (Å²) in [5.41, 5.74) is 6.95. The molecule has 1 fully saturated rings. The van der Waals surface area contributed by atoms with Crippen LogP contribution in [0.4, 0.5) is 4.39 Å². The van der Waals surface area contributed by atoms with Gasteiger partial charge in [-0.15, -0.1) is 0 Å². The normalized spacial score (nSPS) is 20.8. The lowest BCUT2D eigenvalue weighted by atomic mass is 9.98. The van der Waals surface area contributed by atoms with Crippen LogP contribution >= 0.6 is 0 Å². The Morgan fingerprint density at radius 2 is 2.26 bits per heavy atom. The Bertz CT molecular complexity index is 377. The van der Waals surface area contributed by atoms with Crippen LogP contribution in [-0.4, -0.2) is 42.7 Å². The average molecular weight is 267 g/mol. The maximum Gasteiger partial charge on any atom is 0.141 e. The van der Waals surface area contributed by atoms with Gasteiger partial charge in [-0.05, 0) is 24.5 Å². The van der Waals surface area contributed by atoms with Crippen LogP contribution in [0.1, 0.15) is 25.1 Å². The molecule has 1 aromatic rings. The number of halogens is 1. The van der Waals surface area contributed by atoms with Crippen molar-refractivity contribution in [3.05, 3.63) is 29.8 Å². The lowest BCUT2D eigenvalue weighted by Crippen LogP contribution is -2.35. The van der Waals surface area contributed by atoms with Gasteiger partial charge in [0.15, 0.2) is 0 Å². The first kappa shape index (κ1) is 14.4. The van der Waals surface area contributed by atoms with E-state index in [1.165, 1.54) is 12.3 Å². The van der Waals surface area contributed by atoms with Crippen LogP contribution in [0.5, 0.6) is 0 Å². The highest BCUT2D eigenvalue weighted by Gasteiger charge is 2.20. The minimum absolute atomic E-state index is 0.162. The molecule has 0 aliphatic carbocycles. The SMILES string of the molecule is CC(CN1CCCOCC1)C(N)c1ccc(F)cn1. The minimum atomic E-state index is -0.326. The summed E-state index contributed by atoms with van der Waals surface area (Å²) in [6.07, 6.45) is 2.29. The van der Waals surface area contributed by atoms with E-state index in [9.17, 15) is 4.39 Å². The van der Waals surface area contributed by atoms with Crippen LogP contribution in [0.2, 0.25) is 0 Å². The smallest absolute Gasteiger partial charge is 0.141 e. The van der Waals surface area contributed by atoms with Crippen LogP contribution < -0.4 is 5.73 Å². The average Bonchev–Trinajstić information content (AvgIpc) is 2.67. The molecule has 0 radical (unpaired) electrons. The molecule has 0 amide bonds. The summed E-state index contributed by atoms with van der Waals surface area (Å²) in [4.78, 5) is 6.44. The molecule has 1 aliphatic heterocycles. The first-order valence-electron chi connectivity index (χ1n) is 6.84. The molecule has 0 spiro atoms. The molecule has 106 valence electrons. The zero-order valence-electron chi connectivity index (χ0n) is 11.4. The van der Waals surface area contributed by atoms with E-state index in [1.54, 1.807) is 6.07 Å². The number of hydrogen-bond donors (Lipinski definition) is 1. The molecule has 1 aliphatic rings. The highest BCUT2D eigenvalue weighted by molar-refractivity contribution is 5.10. The third-order valence-electron chi connectivity index (χ3n) is 3.57. The van der Waals surface area contributed by atoms with Gasteiger partial charge in [0.05, 0.1) is 24.5 Å². The first-order chi connectivity index (χ1) is 9.16. The van der Waals surface area contributed by atoms with Gasteiger partial charge in [0.1, 0.15) is 5.82 Å². The summed E-state index contributed by atoms with van der Waals surface area (Å²) in [6, 6.07) is 2.92. The number of rotatable bonds is 4. The molecule has 0 saturated carbocycles. The molecule has 0 aromatic carbocycles. The summed E-state index contributed by atoms with van der Waals surface area (Å²) >= 11 is 0. The first-order valence-corrected chi connectivity index (χ1v) is 6.84. The molecule has 19 heavy (non-hydrogen) atoms. The van der Waals surface area contributed by atoms with Gasteiger partial charge in [-0.25, -0.2) is 4.39 Å². The monoisotopic (exact) mass is 267 g/mol. The second kappa shape index (κ2) is 6.93. The van der Waals surface area contributed by atoms with Crippen molar-refractivity contribution in [2.45, 2.75) is 19.4 Å². The summed E-state index contributed by atoms with van der Waals surface area (Å²) < 4.78 is 18.3. The van der Waals surface area contributed by atoms with Crippen molar-refractivity contribution >= 4 is 0 Å². The lowest BCUT2D eigenvalue weighted by molar-refractivity contribution is 0.137. The molecule has 2 rings (SSSR count). The highest BCUT2D eigenvalue weighted by Crippen LogP contribution is 2.19. The Morgan fingerprint density at radius 1 is 1.42 bits per heavy atom. The molecule has 2 unspecified atom stereocenters. The third-order valence-corrected chi connectivity index (χ3v) is 3.57. The van der Waals surface area contributed by atoms with Gasteiger partial charge in [-0.1, -0.05) is 6.92 Å². The lowest BCUT2D eigenvalue weighted by Gasteiger charge is -2.27. The fourth-order valence-corrected chi connectivity index (χ4v) is 2.38. The van der Waals surface area contributed by atoms with Crippen molar-refractivity contribution in [1.82, 2.24) is 9.88 Å². The van der Waals surface area contributed by atoms with Crippen molar-refractivity contribution in [2.24, 2.45) is 11.7 Å². The second-order valence-corrected chi connectivity index (χ2v) is 5.17. The van der Waals surface area contributed by atoms with Gasteiger partial charge >= 0.3 is 0 Å². The molecule has 0 bridgehead atoms. The summed E-state index contributed by atoms with van der Waals surface area (Å²) in [5, 5.41) is 0. The number of pyridine rings is 1. The second-order valence-electron chi connectivity index (χ2n) is 5.17. The largest absolute Gasteiger partial charge is 0.380 e. The Morgan fingerprint density at radius 3 is 3.00 bits per heavy atom. The predicted octanol–water partition coefficient (Wildman–Crippen LogP) is 1.58. The molecule has 2 atom stereocenters. The van der Waals surface area contributed by atoms with E-state index in [-0.39, 0.29) is 17.8 Å². The van der Waals surface area contributed by atoms with E-state index in [4.69, 9.17) is 10.5 Å². The molecular weight excluding hydrogens is 245 g/mol. The number of hydrogen-bond acceptors (Lipinski definition) is 4.